The Hall–Kier alpha value is -2.09. The lowest BCUT2D eigenvalue weighted by Gasteiger charge is -2.15. The molecular weight excluding hydrogens is 270 g/mol. The van der Waals surface area contributed by atoms with Crippen LogP contribution in [0.15, 0.2) is 48.5 Å². The summed E-state index contributed by atoms with van der Waals surface area (Å²) in [6.45, 7) is 6.19. The van der Waals surface area contributed by atoms with Gasteiger partial charge in [0.1, 0.15) is 0 Å². The van der Waals surface area contributed by atoms with Gasteiger partial charge in [0.2, 0.25) is 5.91 Å². The van der Waals surface area contributed by atoms with E-state index in [9.17, 15) is 4.79 Å². The Morgan fingerprint density at radius 1 is 1.09 bits per heavy atom. The van der Waals surface area contributed by atoms with E-state index in [4.69, 9.17) is 0 Å². The Labute approximate surface area is 133 Å². The van der Waals surface area contributed by atoms with Crippen LogP contribution in [0.3, 0.4) is 0 Å². The van der Waals surface area contributed by atoms with E-state index in [0.717, 1.165) is 18.4 Å². The summed E-state index contributed by atoms with van der Waals surface area (Å²) >= 11 is 0. The number of hydrogen-bond acceptors (Lipinski definition) is 1. The summed E-state index contributed by atoms with van der Waals surface area (Å²) < 4.78 is 0. The van der Waals surface area contributed by atoms with Crippen LogP contribution in [0.2, 0.25) is 0 Å². The highest BCUT2D eigenvalue weighted by atomic mass is 16.1. The minimum atomic E-state index is 0.106. The predicted molar refractivity (Wildman–Crippen MR) is 92.0 cm³/mol. The molecule has 2 rings (SSSR count). The lowest BCUT2D eigenvalue weighted by molar-refractivity contribution is -0.121. The molecule has 0 heterocycles. The maximum Gasteiger partial charge on any atom is 0.224 e. The van der Waals surface area contributed by atoms with E-state index in [-0.39, 0.29) is 11.9 Å². The Morgan fingerprint density at radius 3 is 2.55 bits per heavy atom. The normalized spacial score (nSPS) is 12.0. The van der Waals surface area contributed by atoms with Gasteiger partial charge < -0.3 is 5.32 Å². The number of amides is 1. The third kappa shape index (κ3) is 5.03. The van der Waals surface area contributed by atoms with Crippen LogP contribution in [0.25, 0.3) is 0 Å². The van der Waals surface area contributed by atoms with Crippen LogP contribution in [0.5, 0.6) is 0 Å². The van der Waals surface area contributed by atoms with Crippen LogP contribution in [-0.4, -0.2) is 11.9 Å². The van der Waals surface area contributed by atoms with Gasteiger partial charge in [-0.3, -0.25) is 4.79 Å². The highest BCUT2D eigenvalue weighted by Gasteiger charge is 2.10. The lowest BCUT2D eigenvalue weighted by atomic mass is 10.0. The van der Waals surface area contributed by atoms with Gasteiger partial charge in [0.05, 0.1) is 6.42 Å². The van der Waals surface area contributed by atoms with Crippen LogP contribution in [0, 0.1) is 13.8 Å². The van der Waals surface area contributed by atoms with Gasteiger partial charge in [0.15, 0.2) is 0 Å². The number of carbonyl (C=O) groups is 1. The molecule has 0 saturated carbocycles. The molecule has 0 fully saturated rings. The zero-order chi connectivity index (χ0) is 15.9. The van der Waals surface area contributed by atoms with Gasteiger partial charge in [-0.25, -0.2) is 0 Å². The van der Waals surface area contributed by atoms with Crippen molar-refractivity contribution in [2.45, 2.75) is 46.1 Å². The fraction of sp³-hybridized carbons (Fsp3) is 0.350. The van der Waals surface area contributed by atoms with E-state index in [1.165, 1.54) is 16.7 Å². The summed E-state index contributed by atoms with van der Waals surface area (Å²) in [6.07, 6.45) is 2.41. The van der Waals surface area contributed by atoms with Crippen LogP contribution >= 0.6 is 0 Å². The monoisotopic (exact) mass is 295 g/mol. The SMILES string of the molecule is Cc1ccc(C)c(CC(=O)N[C@H](C)CCc2ccccc2)c1. The summed E-state index contributed by atoms with van der Waals surface area (Å²) in [7, 11) is 0. The molecule has 0 aliphatic heterocycles. The van der Waals surface area contributed by atoms with Gasteiger partial charge >= 0.3 is 0 Å². The van der Waals surface area contributed by atoms with Crippen molar-refractivity contribution in [1.82, 2.24) is 5.32 Å². The van der Waals surface area contributed by atoms with Crippen molar-refractivity contribution < 1.29 is 4.79 Å². The maximum absolute atomic E-state index is 12.2. The second kappa shape index (κ2) is 7.79. The summed E-state index contributed by atoms with van der Waals surface area (Å²) in [5.74, 6) is 0.106. The smallest absolute Gasteiger partial charge is 0.224 e. The standard InChI is InChI=1S/C20H25NO/c1-15-9-10-16(2)19(13-15)14-20(22)21-17(3)11-12-18-7-5-4-6-8-18/h4-10,13,17H,11-12,14H2,1-3H3,(H,21,22)/t17-/m1/s1. The molecule has 0 aromatic heterocycles. The fourth-order valence-electron chi connectivity index (χ4n) is 2.59. The predicted octanol–water partition coefficient (Wildman–Crippen LogP) is 3.98. The van der Waals surface area contributed by atoms with Crippen molar-refractivity contribution in [2.75, 3.05) is 0 Å². The molecular formula is C20H25NO. The average molecular weight is 295 g/mol. The van der Waals surface area contributed by atoms with Gasteiger partial charge in [-0.15, -0.1) is 0 Å². The highest BCUT2D eigenvalue weighted by molar-refractivity contribution is 5.79. The van der Waals surface area contributed by atoms with Crippen LogP contribution in [-0.2, 0) is 17.6 Å². The molecule has 0 saturated heterocycles. The third-order valence-electron chi connectivity index (χ3n) is 3.97. The Morgan fingerprint density at radius 2 is 1.82 bits per heavy atom. The first-order valence-electron chi connectivity index (χ1n) is 7.94. The second-order valence-electron chi connectivity index (χ2n) is 6.10. The van der Waals surface area contributed by atoms with E-state index in [0.29, 0.717) is 6.42 Å². The van der Waals surface area contributed by atoms with Gasteiger partial charge in [-0.2, -0.15) is 0 Å². The van der Waals surface area contributed by atoms with E-state index in [1.807, 2.05) is 6.07 Å². The zero-order valence-corrected chi connectivity index (χ0v) is 13.7. The molecule has 0 radical (unpaired) electrons. The molecule has 2 nitrogen and oxygen atoms in total. The Balaban J connectivity index is 1.82. The molecule has 0 aliphatic carbocycles. The minimum absolute atomic E-state index is 0.106. The number of benzene rings is 2. The van der Waals surface area contributed by atoms with E-state index < -0.39 is 0 Å². The quantitative estimate of drug-likeness (QED) is 0.858. The van der Waals surface area contributed by atoms with E-state index >= 15 is 0 Å². The molecule has 0 aliphatic rings. The van der Waals surface area contributed by atoms with Crippen LogP contribution in [0.4, 0.5) is 0 Å². The van der Waals surface area contributed by atoms with Crippen molar-refractivity contribution in [1.29, 1.82) is 0 Å². The maximum atomic E-state index is 12.2. The first-order valence-corrected chi connectivity index (χ1v) is 7.94. The number of aryl methyl sites for hydroxylation is 3. The Bertz CT molecular complexity index is 619. The molecule has 2 heteroatoms. The molecule has 1 atom stereocenters. The number of rotatable bonds is 6. The summed E-state index contributed by atoms with van der Waals surface area (Å²) in [4.78, 5) is 12.2. The van der Waals surface area contributed by atoms with Crippen molar-refractivity contribution in [3.05, 3.63) is 70.8 Å². The lowest BCUT2D eigenvalue weighted by Crippen LogP contribution is -2.34. The van der Waals surface area contributed by atoms with Crippen LogP contribution in [0.1, 0.15) is 35.6 Å². The first-order chi connectivity index (χ1) is 10.5. The molecule has 2 aromatic carbocycles. The number of nitrogens with one attached hydrogen (secondary N) is 1. The van der Waals surface area contributed by atoms with Crippen molar-refractivity contribution in [2.24, 2.45) is 0 Å². The Kier molecular flexibility index (Phi) is 5.76. The summed E-state index contributed by atoms with van der Waals surface area (Å²) in [5.41, 5.74) is 4.81. The average Bonchev–Trinajstić information content (AvgIpc) is 2.50. The van der Waals surface area contributed by atoms with Crippen molar-refractivity contribution >= 4 is 5.91 Å². The molecule has 1 N–H and O–H groups in total. The van der Waals surface area contributed by atoms with Gasteiger partial charge in [0.25, 0.3) is 0 Å². The summed E-state index contributed by atoms with van der Waals surface area (Å²) in [6, 6.07) is 16.9. The molecule has 1 amide bonds. The zero-order valence-electron chi connectivity index (χ0n) is 13.7. The van der Waals surface area contributed by atoms with E-state index in [2.05, 4.69) is 68.6 Å². The first kappa shape index (κ1) is 16.3. The van der Waals surface area contributed by atoms with Crippen LogP contribution < -0.4 is 5.32 Å². The molecule has 0 spiro atoms. The second-order valence-corrected chi connectivity index (χ2v) is 6.10. The number of hydrogen-bond donors (Lipinski definition) is 1. The summed E-state index contributed by atoms with van der Waals surface area (Å²) in [5, 5.41) is 3.11. The molecule has 0 unspecified atom stereocenters. The molecule has 0 bridgehead atoms. The minimum Gasteiger partial charge on any atom is -0.353 e. The largest absolute Gasteiger partial charge is 0.353 e. The van der Waals surface area contributed by atoms with Crippen molar-refractivity contribution in [3.8, 4) is 0 Å². The van der Waals surface area contributed by atoms with Gasteiger partial charge in [-0.1, -0.05) is 54.1 Å². The van der Waals surface area contributed by atoms with Gasteiger partial charge in [0, 0.05) is 6.04 Å². The third-order valence-corrected chi connectivity index (χ3v) is 3.97. The number of carbonyl (C=O) groups excluding carboxylic acids is 1. The van der Waals surface area contributed by atoms with E-state index in [1.54, 1.807) is 0 Å². The highest BCUT2D eigenvalue weighted by Crippen LogP contribution is 2.11. The molecule has 2 aromatic rings. The van der Waals surface area contributed by atoms with Crippen molar-refractivity contribution in [3.63, 3.8) is 0 Å². The fourth-order valence-corrected chi connectivity index (χ4v) is 2.59. The molecule has 22 heavy (non-hydrogen) atoms. The van der Waals surface area contributed by atoms with Gasteiger partial charge in [-0.05, 0) is 50.3 Å². The molecule has 116 valence electrons. The topological polar surface area (TPSA) is 29.1 Å².